The van der Waals surface area contributed by atoms with Gasteiger partial charge in [0.2, 0.25) is 0 Å². The number of hydrogen-bond donors (Lipinski definition) is 1. The highest BCUT2D eigenvalue weighted by Gasteiger charge is 2.36. The molecule has 3 heteroatoms. The molecule has 0 aromatic heterocycles. The summed E-state index contributed by atoms with van der Waals surface area (Å²) in [7, 11) is 4.40. The summed E-state index contributed by atoms with van der Waals surface area (Å²) in [5.41, 5.74) is 0.561. The Bertz CT molecular complexity index is 261. The predicted octanol–water partition coefficient (Wildman–Crippen LogP) is 2.18. The van der Waals surface area contributed by atoms with Crippen LogP contribution in [0.5, 0.6) is 0 Å². The number of rotatable bonds is 5. The summed E-state index contributed by atoms with van der Waals surface area (Å²) in [6.07, 6.45) is 8.36. The van der Waals surface area contributed by atoms with Gasteiger partial charge in [-0.1, -0.05) is 19.8 Å². The van der Waals surface area contributed by atoms with Crippen LogP contribution in [-0.2, 0) is 0 Å². The Labute approximate surface area is 119 Å². The first-order valence-corrected chi connectivity index (χ1v) is 8.26. The lowest BCUT2D eigenvalue weighted by molar-refractivity contribution is 0.107. The van der Waals surface area contributed by atoms with Crippen molar-refractivity contribution in [2.45, 2.75) is 51.5 Å². The van der Waals surface area contributed by atoms with E-state index in [1.807, 2.05) is 0 Å². The Balaban J connectivity index is 2.01. The minimum absolute atomic E-state index is 0.561. The van der Waals surface area contributed by atoms with Crippen molar-refractivity contribution in [1.82, 2.24) is 15.1 Å². The van der Waals surface area contributed by atoms with Crippen molar-refractivity contribution in [1.29, 1.82) is 0 Å². The summed E-state index contributed by atoms with van der Waals surface area (Å²) in [4.78, 5) is 5.33. The van der Waals surface area contributed by atoms with Crippen molar-refractivity contribution >= 4 is 0 Å². The van der Waals surface area contributed by atoms with E-state index in [1.54, 1.807) is 0 Å². The zero-order chi connectivity index (χ0) is 13.7. The monoisotopic (exact) mass is 267 g/mol. The lowest BCUT2D eigenvalue weighted by Crippen LogP contribution is -2.47. The van der Waals surface area contributed by atoms with E-state index >= 15 is 0 Å². The average Bonchev–Trinajstić information content (AvgIpc) is 2.76. The van der Waals surface area contributed by atoms with Crippen LogP contribution >= 0.6 is 0 Å². The highest BCUT2D eigenvalue weighted by molar-refractivity contribution is 4.91. The van der Waals surface area contributed by atoms with Crippen molar-refractivity contribution in [2.24, 2.45) is 5.41 Å². The number of nitrogens with zero attached hydrogens (tertiary/aromatic N) is 2. The maximum atomic E-state index is 3.46. The molecule has 1 unspecified atom stereocenters. The van der Waals surface area contributed by atoms with E-state index in [0.717, 1.165) is 6.04 Å². The number of hydrogen-bond acceptors (Lipinski definition) is 3. The second kappa shape index (κ2) is 7.05. The molecule has 0 spiro atoms. The van der Waals surface area contributed by atoms with Gasteiger partial charge in [-0.15, -0.1) is 0 Å². The van der Waals surface area contributed by atoms with Gasteiger partial charge in [0.25, 0.3) is 0 Å². The Kier molecular flexibility index (Phi) is 5.67. The third kappa shape index (κ3) is 3.93. The van der Waals surface area contributed by atoms with Crippen LogP contribution in [0.1, 0.15) is 45.4 Å². The van der Waals surface area contributed by atoms with Crippen molar-refractivity contribution in [3.05, 3.63) is 0 Å². The second-order valence-electron chi connectivity index (χ2n) is 6.89. The van der Waals surface area contributed by atoms with E-state index in [0.29, 0.717) is 5.41 Å². The lowest BCUT2D eigenvalue weighted by atomic mass is 9.84. The van der Waals surface area contributed by atoms with Crippen LogP contribution in [0.3, 0.4) is 0 Å². The quantitative estimate of drug-likeness (QED) is 0.824. The molecule has 1 N–H and O–H groups in total. The van der Waals surface area contributed by atoms with E-state index in [4.69, 9.17) is 0 Å². The highest BCUT2D eigenvalue weighted by atomic mass is 15.2. The summed E-state index contributed by atoms with van der Waals surface area (Å²) < 4.78 is 0. The van der Waals surface area contributed by atoms with Gasteiger partial charge in [0.15, 0.2) is 0 Å². The van der Waals surface area contributed by atoms with Crippen LogP contribution in [0.2, 0.25) is 0 Å². The van der Waals surface area contributed by atoms with Gasteiger partial charge < -0.3 is 10.2 Å². The Morgan fingerprint density at radius 1 is 1.16 bits per heavy atom. The zero-order valence-corrected chi connectivity index (χ0v) is 13.2. The standard InChI is InChI=1S/C16H33N3/c1-4-15-12-18(3)10-7-11-19(15)14-16(13-17-2)8-5-6-9-16/h15,17H,4-14H2,1-3H3. The molecule has 0 bridgehead atoms. The third-order valence-corrected chi connectivity index (χ3v) is 5.25. The molecule has 1 aliphatic heterocycles. The molecule has 2 fully saturated rings. The maximum absolute atomic E-state index is 3.46. The molecule has 2 rings (SSSR count). The fraction of sp³-hybridized carbons (Fsp3) is 1.00. The molecule has 1 atom stereocenters. The molecule has 0 radical (unpaired) electrons. The van der Waals surface area contributed by atoms with Crippen LogP contribution in [0, 0.1) is 5.41 Å². The van der Waals surface area contributed by atoms with Gasteiger partial charge >= 0.3 is 0 Å². The van der Waals surface area contributed by atoms with E-state index < -0.39 is 0 Å². The molecule has 1 saturated carbocycles. The molecule has 1 saturated heterocycles. The molecule has 0 aromatic carbocycles. The molecular formula is C16H33N3. The van der Waals surface area contributed by atoms with Crippen LogP contribution in [0.25, 0.3) is 0 Å². The SMILES string of the molecule is CCC1CN(C)CCCN1CC1(CNC)CCCC1. The van der Waals surface area contributed by atoms with Gasteiger partial charge in [0, 0.05) is 25.7 Å². The van der Waals surface area contributed by atoms with E-state index in [-0.39, 0.29) is 0 Å². The Hall–Kier alpha value is -0.120. The first-order valence-electron chi connectivity index (χ1n) is 8.26. The smallest absolute Gasteiger partial charge is 0.0220 e. The Morgan fingerprint density at radius 3 is 2.53 bits per heavy atom. The zero-order valence-electron chi connectivity index (χ0n) is 13.2. The van der Waals surface area contributed by atoms with Gasteiger partial charge in [-0.2, -0.15) is 0 Å². The van der Waals surface area contributed by atoms with Crippen LogP contribution in [-0.4, -0.2) is 62.7 Å². The van der Waals surface area contributed by atoms with Gasteiger partial charge in [-0.3, -0.25) is 4.90 Å². The summed E-state index contributed by atoms with van der Waals surface area (Å²) in [5, 5.41) is 3.46. The molecule has 0 amide bonds. The summed E-state index contributed by atoms with van der Waals surface area (Å²) >= 11 is 0. The van der Waals surface area contributed by atoms with Gasteiger partial charge in [0.1, 0.15) is 0 Å². The molecule has 112 valence electrons. The first-order chi connectivity index (χ1) is 9.19. The molecule has 3 nitrogen and oxygen atoms in total. The molecule has 2 aliphatic rings. The van der Waals surface area contributed by atoms with E-state index in [2.05, 4.69) is 36.1 Å². The Morgan fingerprint density at radius 2 is 1.89 bits per heavy atom. The van der Waals surface area contributed by atoms with Gasteiger partial charge in [-0.25, -0.2) is 0 Å². The fourth-order valence-electron chi connectivity index (χ4n) is 4.21. The van der Waals surface area contributed by atoms with Gasteiger partial charge in [-0.05, 0) is 58.3 Å². The topological polar surface area (TPSA) is 18.5 Å². The lowest BCUT2D eigenvalue weighted by Gasteiger charge is -2.39. The van der Waals surface area contributed by atoms with Crippen molar-refractivity contribution in [3.8, 4) is 0 Å². The van der Waals surface area contributed by atoms with Crippen LogP contribution in [0.15, 0.2) is 0 Å². The summed E-state index contributed by atoms with van der Waals surface area (Å²) in [5.74, 6) is 0. The van der Waals surface area contributed by atoms with E-state index in [1.165, 1.54) is 71.2 Å². The first kappa shape index (κ1) is 15.3. The molecule has 0 aromatic rings. The summed E-state index contributed by atoms with van der Waals surface area (Å²) in [6, 6.07) is 0.766. The third-order valence-electron chi connectivity index (χ3n) is 5.25. The number of likely N-dealkylation sites (N-methyl/N-ethyl adjacent to an activating group) is 1. The fourth-order valence-corrected chi connectivity index (χ4v) is 4.21. The molecule has 19 heavy (non-hydrogen) atoms. The normalized spacial score (nSPS) is 29.5. The highest BCUT2D eigenvalue weighted by Crippen LogP contribution is 2.39. The van der Waals surface area contributed by atoms with Crippen LogP contribution in [0.4, 0.5) is 0 Å². The second-order valence-corrected chi connectivity index (χ2v) is 6.89. The van der Waals surface area contributed by atoms with Crippen molar-refractivity contribution in [2.75, 3.05) is 46.8 Å². The maximum Gasteiger partial charge on any atom is 0.0220 e. The minimum Gasteiger partial charge on any atom is -0.319 e. The number of nitrogens with one attached hydrogen (secondary N) is 1. The minimum atomic E-state index is 0.561. The van der Waals surface area contributed by atoms with Crippen LogP contribution < -0.4 is 5.32 Å². The predicted molar refractivity (Wildman–Crippen MR) is 82.6 cm³/mol. The van der Waals surface area contributed by atoms with Crippen molar-refractivity contribution < 1.29 is 0 Å². The average molecular weight is 267 g/mol. The van der Waals surface area contributed by atoms with Crippen molar-refractivity contribution in [3.63, 3.8) is 0 Å². The molecule has 1 heterocycles. The summed E-state index contributed by atoms with van der Waals surface area (Å²) in [6.45, 7) is 8.71. The largest absolute Gasteiger partial charge is 0.319 e. The molecule has 1 aliphatic carbocycles. The molecular weight excluding hydrogens is 234 g/mol. The van der Waals surface area contributed by atoms with Gasteiger partial charge in [0.05, 0.1) is 0 Å². The van der Waals surface area contributed by atoms with E-state index in [9.17, 15) is 0 Å².